The molecule has 0 aromatic heterocycles. The molecule has 0 spiro atoms. The van der Waals surface area contributed by atoms with Gasteiger partial charge in [-0.05, 0) is 42.7 Å². The number of carboxylic acid groups (broad SMARTS) is 1. The Morgan fingerprint density at radius 2 is 1.87 bits per heavy atom. The monoisotopic (exact) mass is 337 g/mol. The normalized spacial score (nSPS) is 12.8. The van der Waals surface area contributed by atoms with E-state index >= 15 is 0 Å². The zero-order valence-electron chi connectivity index (χ0n) is 12.4. The highest BCUT2D eigenvalue weighted by Gasteiger charge is 2.26. The van der Waals surface area contributed by atoms with Gasteiger partial charge in [0.2, 0.25) is 10.0 Å². The quantitative estimate of drug-likeness (QED) is 0.846. The van der Waals surface area contributed by atoms with Gasteiger partial charge in [0.25, 0.3) is 0 Å². The van der Waals surface area contributed by atoms with Gasteiger partial charge in [-0.15, -0.1) is 0 Å². The topological polar surface area (TPSA) is 83.5 Å². The first-order chi connectivity index (χ1) is 10.8. The first-order valence-corrected chi connectivity index (χ1v) is 8.33. The zero-order valence-corrected chi connectivity index (χ0v) is 13.2. The van der Waals surface area contributed by atoms with Crippen molar-refractivity contribution in [1.82, 2.24) is 4.72 Å². The first kappa shape index (κ1) is 17.1. The van der Waals surface area contributed by atoms with Gasteiger partial charge in [-0.3, -0.25) is 4.79 Å². The number of halogens is 1. The molecular formula is C16H16FNO4S. The highest BCUT2D eigenvalue weighted by Crippen LogP contribution is 2.15. The molecule has 0 fully saturated rings. The number of rotatable bonds is 6. The van der Waals surface area contributed by atoms with E-state index in [1.54, 1.807) is 30.3 Å². The van der Waals surface area contributed by atoms with E-state index in [2.05, 4.69) is 4.72 Å². The van der Waals surface area contributed by atoms with Crippen molar-refractivity contribution in [2.24, 2.45) is 0 Å². The molecule has 0 aliphatic heterocycles. The number of carbonyl (C=O) groups is 1. The van der Waals surface area contributed by atoms with Crippen LogP contribution in [0, 0.1) is 12.7 Å². The number of carboxylic acids is 1. The molecule has 0 unspecified atom stereocenters. The van der Waals surface area contributed by atoms with E-state index in [0.717, 1.165) is 12.1 Å². The Balaban J connectivity index is 2.24. The van der Waals surface area contributed by atoms with Gasteiger partial charge in [-0.1, -0.05) is 30.3 Å². The third-order valence-electron chi connectivity index (χ3n) is 3.32. The Morgan fingerprint density at radius 3 is 2.43 bits per heavy atom. The molecule has 2 rings (SSSR count). The lowest BCUT2D eigenvalue weighted by atomic mass is 10.1. The van der Waals surface area contributed by atoms with Gasteiger partial charge >= 0.3 is 5.97 Å². The molecule has 0 radical (unpaired) electrons. The summed E-state index contributed by atoms with van der Waals surface area (Å²) in [6.07, 6.45) is 0.00950. The minimum absolute atomic E-state index is 0.00950. The number of sulfonamides is 1. The van der Waals surface area contributed by atoms with Crippen LogP contribution in [0.5, 0.6) is 0 Å². The average Bonchev–Trinajstić information content (AvgIpc) is 2.50. The molecule has 0 saturated carbocycles. The predicted molar refractivity (Wildman–Crippen MR) is 83.0 cm³/mol. The molecule has 2 aromatic rings. The SMILES string of the molecule is Cc1cc(S(=O)(=O)N[C@@H](Cc2ccccc2)C(=O)O)ccc1F. The van der Waals surface area contributed by atoms with Crippen LogP contribution in [0.15, 0.2) is 53.4 Å². The Kier molecular flexibility index (Phi) is 5.12. The van der Waals surface area contributed by atoms with Crippen LogP contribution in [-0.4, -0.2) is 25.5 Å². The third kappa shape index (κ3) is 4.37. The Bertz CT molecular complexity index is 806. The van der Waals surface area contributed by atoms with Crippen molar-refractivity contribution in [3.05, 3.63) is 65.5 Å². The van der Waals surface area contributed by atoms with Crippen LogP contribution in [-0.2, 0) is 21.2 Å². The lowest BCUT2D eigenvalue weighted by Gasteiger charge is -2.15. The average molecular weight is 337 g/mol. The van der Waals surface area contributed by atoms with Crippen LogP contribution in [0.25, 0.3) is 0 Å². The van der Waals surface area contributed by atoms with Crippen molar-refractivity contribution in [2.75, 3.05) is 0 Å². The molecule has 5 nitrogen and oxygen atoms in total. The van der Waals surface area contributed by atoms with Crippen molar-refractivity contribution in [2.45, 2.75) is 24.3 Å². The van der Waals surface area contributed by atoms with Gasteiger partial charge in [0.15, 0.2) is 0 Å². The molecular weight excluding hydrogens is 321 g/mol. The fourth-order valence-corrected chi connectivity index (χ4v) is 3.34. The maximum absolute atomic E-state index is 13.3. The second kappa shape index (κ2) is 6.89. The fourth-order valence-electron chi connectivity index (χ4n) is 2.07. The Labute approximate surface area is 133 Å². The summed E-state index contributed by atoms with van der Waals surface area (Å²) in [5.74, 6) is -1.81. The predicted octanol–water partition coefficient (Wildman–Crippen LogP) is 2.11. The molecule has 0 saturated heterocycles. The van der Waals surface area contributed by atoms with Gasteiger partial charge in [0.05, 0.1) is 4.90 Å². The van der Waals surface area contributed by atoms with Crippen LogP contribution in [0.2, 0.25) is 0 Å². The van der Waals surface area contributed by atoms with Gasteiger partial charge in [0.1, 0.15) is 11.9 Å². The minimum Gasteiger partial charge on any atom is -0.480 e. The smallest absolute Gasteiger partial charge is 0.322 e. The van der Waals surface area contributed by atoms with Gasteiger partial charge in [-0.2, -0.15) is 4.72 Å². The molecule has 2 aromatic carbocycles. The third-order valence-corrected chi connectivity index (χ3v) is 4.79. The van der Waals surface area contributed by atoms with Crippen LogP contribution < -0.4 is 4.72 Å². The molecule has 0 amide bonds. The van der Waals surface area contributed by atoms with Crippen LogP contribution in [0.4, 0.5) is 4.39 Å². The van der Waals surface area contributed by atoms with Gasteiger partial charge in [0, 0.05) is 0 Å². The number of hydrogen-bond acceptors (Lipinski definition) is 3. The van der Waals surface area contributed by atoms with Gasteiger partial charge in [-0.25, -0.2) is 12.8 Å². The molecule has 23 heavy (non-hydrogen) atoms. The first-order valence-electron chi connectivity index (χ1n) is 6.85. The molecule has 2 N–H and O–H groups in total. The van der Waals surface area contributed by atoms with E-state index in [4.69, 9.17) is 0 Å². The van der Waals surface area contributed by atoms with E-state index < -0.39 is 27.9 Å². The second-order valence-electron chi connectivity index (χ2n) is 5.11. The van der Waals surface area contributed by atoms with E-state index in [9.17, 15) is 22.7 Å². The van der Waals surface area contributed by atoms with Gasteiger partial charge < -0.3 is 5.11 Å². The number of benzene rings is 2. The van der Waals surface area contributed by atoms with Crippen molar-refractivity contribution in [1.29, 1.82) is 0 Å². The summed E-state index contributed by atoms with van der Waals surface area (Å²) in [5, 5.41) is 9.26. The lowest BCUT2D eigenvalue weighted by molar-refractivity contribution is -0.138. The van der Waals surface area contributed by atoms with E-state index in [-0.39, 0.29) is 16.9 Å². The molecule has 7 heteroatoms. The minimum atomic E-state index is -4.06. The summed E-state index contributed by atoms with van der Waals surface area (Å²) in [6.45, 7) is 1.44. The van der Waals surface area contributed by atoms with Crippen LogP contribution in [0.1, 0.15) is 11.1 Å². The van der Waals surface area contributed by atoms with Crippen molar-refractivity contribution in [3.63, 3.8) is 0 Å². The molecule has 0 heterocycles. The number of nitrogens with one attached hydrogen (secondary N) is 1. The molecule has 1 atom stereocenters. The van der Waals surface area contributed by atoms with E-state index in [1.807, 2.05) is 0 Å². The number of hydrogen-bond donors (Lipinski definition) is 2. The van der Waals surface area contributed by atoms with Crippen molar-refractivity contribution >= 4 is 16.0 Å². The molecule has 122 valence electrons. The highest BCUT2D eigenvalue weighted by molar-refractivity contribution is 7.89. The summed E-state index contributed by atoms with van der Waals surface area (Å²) in [4.78, 5) is 11.2. The van der Waals surface area contributed by atoms with Crippen molar-refractivity contribution in [3.8, 4) is 0 Å². The van der Waals surface area contributed by atoms with E-state index in [0.29, 0.717) is 5.56 Å². The number of aryl methyl sites for hydroxylation is 1. The summed E-state index contributed by atoms with van der Waals surface area (Å²) < 4.78 is 40.0. The van der Waals surface area contributed by atoms with E-state index in [1.165, 1.54) is 13.0 Å². The Hall–Kier alpha value is -2.25. The molecule has 0 aliphatic carbocycles. The Morgan fingerprint density at radius 1 is 1.22 bits per heavy atom. The standard InChI is InChI=1S/C16H16FNO4S/c1-11-9-13(7-8-14(11)17)23(21,22)18-15(16(19)20)10-12-5-3-2-4-6-12/h2-9,15,18H,10H2,1H3,(H,19,20)/t15-/m0/s1. The fraction of sp³-hybridized carbons (Fsp3) is 0.188. The number of aliphatic carboxylic acids is 1. The summed E-state index contributed by atoms with van der Waals surface area (Å²) in [7, 11) is -4.06. The molecule has 0 bridgehead atoms. The second-order valence-corrected chi connectivity index (χ2v) is 6.83. The molecule has 0 aliphatic rings. The maximum atomic E-state index is 13.3. The summed E-state index contributed by atoms with van der Waals surface area (Å²) in [6, 6.07) is 10.7. The van der Waals surface area contributed by atoms with Crippen molar-refractivity contribution < 1.29 is 22.7 Å². The summed E-state index contributed by atoms with van der Waals surface area (Å²) >= 11 is 0. The summed E-state index contributed by atoms with van der Waals surface area (Å²) in [5.41, 5.74) is 0.862. The zero-order chi connectivity index (χ0) is 17.0. The largest absolute Gasteiger partial charge is 0.480 e. The highest BCUT2D eigenvalue weighted by atomic mass is 32.2. The maximum Gasteiger partial charge on any atom is 0.322 e. The lowest BCUT2D eigenvalue weighted by Crippen LogP contribution is -2.42. The van der Waals surface area contributed by atoms with Crippen LogP contribution >= 0.6 is 0 Å². The van der Waals surface area contributed by atoms with Crippen LogP contribution in [0.3, 0.4) is 0 Å².